The van der Waals surface area contributed by atoms with Crippen LogP contribution in [-0.2, 0) is 6.54 Å². The SMILES string of the molecule is CN1CCCC(CNCC(O)Cn2cc([N+](=O)[O-])cn2)C1. The van der Waals surface area contributed by atoms with Crippen molar-refractivity contribution >= 4 is 5.69 Å². The number of aliphatic hydroxyl groups excluding tert-OH is 1. The van der Waals surface area contributed by atoms with E-state index in [0.717, 1.165) is 19.6 Å². The van der Waals surface area contributed by atoms with Gasteiger partial charge >= 0.3 is 5.69 Å². The molecular weight excluding hydrogens is 274 g/mol. The Hall–Kier alpha value is -1.51. The molecule has 0 amide bonds. The molecule has 0 bridgehead atoms. The third-order valence-electron chi connectivity index (χ3n) is 3.76. The number of hydrogen-bond acceptors (Lipinski definition) is 6. The van der Waals surface area contributed by atoms with Crippen LogP contribution in [0.2, 0.25) is 0 Å². The lowest BCUT2D eigenvalue weighted by atomic mass is 9.98. The molecule has 1 aromatic heterocycles. The number of rotatable bonds is 7. The highest BCUT2D eigenvalue weighted by molar-refractivity contribution is 5.20. The van der Waals surface area contributed by atoms with Crippen molar-refractivity contribution in [2.24, 2.45) is 5.92 Å². The molecule has 1 aliphatic rings. The van der Waals surface area contributed by atoms with Gasteiger partial charge in [0.2, 0.25) is 0 Å². The quantitative estimate of drug-likeness (QED) is 0.547. The minimum Gasteiger partial charge on any atom is -0.390 e. The number of nitrogens with one attached hydrogen (secondary N) is 1. The molecule has 0 radical (unpaired) electrons. The number of hydrogen-bond donors (Lipinski definition) is 2. The Kier molecular flexibility index (Phi) is 5.66. The summed E-state index contributed by atoms with van der Waals surface area (Å²) in [7, 11) is 2.13. The molecule has 1 saturated heterocycles. The summed E-state index contributed by atoms with van der Waals surface area (Å²) in [5.74, 6) is 0.627. The van der Waals surface area contributed by atoms with Crippen molar-refractivity contribution < 1.29 is 10.0 Å². The van der Waals surface area contributed by atoms with Gasteiger partial charge < -0.3 is 15.3 Å². The lowest BCUT2D eigenvalue weighted by Crippen LogP contribution is -2.39. The Bertz CT molecular complexity index is 464. The Morgan fingerprint density at radius 2 is 2.48 bits per heavy atom. The second kappa shape index (κ2) is 7.48. The molecule has 2 N–H and O–H groups in total. The fourth-order valence-corrected chi connectivity index (χ4v) is 2.72. The third kappa shape index (κ3) is 5.07. The molecular formula is C13H23N5O3. The van der Waals surface area contributed by atoms with Crippen LogP contribution in [0, 0.1) is 16.0 Å². The highest BCUT2D eigenvalue weighted by Gasteiger charge is 2.17. The van der Waals surface area contributed by atoms with Crippen LogP contribution in [0.3, 0.4) is 0 Å². The number of nitro groups is 1. The summed E-state index contributed by atoms with van der Waals surface area (Å²) in [6.45, 7) is 3.87. The molecule has 1 fully saturated rings. The van der Waals surface area contributed by atoms with E-state index < -0.39 is 11.0 Å². The highest BCUT2D eigenvalue weighted by Crippen LogP contribution is 2.13. The van der Waals surface area contributed by atoms with E-state index in [1.807, 2.05) is 0 Å². The van der Waals surface area contributed by atoms with Crippen molar-refractivity contribution in [1.29, 1.82) is 0 Å². The Morgan fingerprint density at radius 1 is 1.67 bits per heavy atom. The number of likely N-dealkylation sites (tertiary alicyclic amines) is 1. The van der Waals surface area contributed by atoms with Crippen molar-refractivity contribution in [3.63, 3.8) is 0 Å². The average Bonchev–Trinajstić information content (AvgIpc) is 2.87. The zero-order valence-corrected chi connectivity index (χ0v) is 12.3. The van der Waals surface area contributed by atoms with Gasteiger partial charge in [-0.3, -0.25) is 14.8 Å². The minimum atomic E-state index is -0.606. The predicted octanol–water partition coefficient (Wildman–Crippen LogP) is 0.0836. The van der Waals surface area contributed by atoms with Crippen LogP contribution >= 0.6 is 0 Å². The van der Waals surface area contributed by atoms with E-state index in [1.165, 1.54) is 29.9 Å². The first-order chi connectivity index (χ1) is 10.0. The van der Waals surface area contributed by atoms with Crippen LogP contribution in [0.25, 0.3) is 0 Å². The van der Waals surface area contributed by atoms with E-state index in [2.05, 4.69) is 22.4 Å². The molecule has 0 saturated carbocycles. The second-order valence-corrected chi connectivity index (χ2v) is 5.76. The standard InChI is InChI=1S/C13H23N5O3/c1-16-4-2-3-11(8-16)5-14-7-13(19)10-17-9-12(6-15-17)18(20)21/h6,9,11,13-14,19H,2-5,7-8,10H2,1H3. The third-order valence-corrected chi connectivity index (χ3v) is 3.76. The maximum absolute atomic E-state index is 10.5. The molecule has 1 aromatic rings. The normalized spacial score (nSPS) is 21.3. The monoisotopic (exact) mass is 297 g/mol. The van der Waals surface area contributed by atoms with Gasteiger partial charge in [0, 0.05) is 13.1 Å². The zero-order chi connectivity index (χ0) is 15.2. The van der Waals surface area contributed by atoms with E-state index >= 15 is 0 Å². The molecule has 2 unspecified atom stereocenters. The van der Waals surface area contributed by atoms with Crippen LogP contribution in [0.15, 0.2) is 12.4 Å². The molecule has 2 rings (SSSR count). The summed E-state index contributed by atoms with van der Waals surface area (Å²) in [6, 6.07) is 0. The summed E-state index contributed by atoms with van der Waals surface area (Å²) in [5, 5.41) is 27.6. The summed E-state index contributed by atoms with van der Waals surface area (Å²) >= 11 is 0. The Balaban J connectivity index is 1.67. The van der Waals surface area contributed by atoms with Gasteiger partial charge in [0.1, 0.15) is 12.4 Å². The van der Waals surface area contributed by atoms with Crippen molar-refractivity contribution in [2.45, 2.75) is 25.5 Å². The van der Waals surface area contributed by atoms with E-state index in [0.29, 0.717) is 12.5 Å². The van der Waals surface area contributed by atoms with Crippen molar-refractivity contribution in [3.05, 3.63) is 22.5 Å². The maximum atomic E-state index is 10.5. The fourth-order valence-electron chi connectivity index (χ4n) is 2.72. The predicted molar refractivity (Wildman–Crippen MR) is 78.0 cm³/mol. The van der Waals surface area contributed by atoms with Crippen LogP contribution in [0.4, 0.5) is 5.69 Å². The summed E-state index contributed by atoms with van der Waals surface area (Å²) in [5.41, 5.74) is -0.0552. The lowest BCUT2D eigenvalue weighted by Gasteiger charge is -2.30. The number of nitrogens with zero attached hydrogens (tertiary/aromatic N) is 4. The largest absolute Gasteiger partial charge is 0.390 e. The van der Waals surface area contributed by atoms with Gasteiger partial charge in [0.05, 0.1) is 17.6 Å². The molecule has 0 aromatic carbocycles. The number of aromatic nitrogens is 2. The number of aliphatic hydroxyl groups is 1. The lowest BCUT2D eigenvalue weighted by molar-refractivity contribution is -0.385. The first kappa shape index (κ1) is 15.9. The topological polar surface area (TPSA) is 96.5 Å². The van der Waals surface area contributed by atoms with Gasteiger partial charge in [-0.2, -0.15) is 5.10 Å². The first-order valence-electron chi connectivity index (χ1n) is 7.28. The maximum Gasteiger partial charge on any atom is 0.306 e. The average molecular weight is 297 g/mol. The van der Waals surface area contributed by atoms with Crippen LogP contribution in [0.5, 0.6) is 0 Å². The van der Waals surface area contributed by atoms with Gasteiger partial charge in [-0.15, -0.1) is 0 Å². The smallest absolute Gasteiger partial charge is 0.306 e. The summed E-state index contributed by atoms with van der Waals surface area (Å²) in [6.07, 6.45) is 4.36. The molecule has 0 spiro atoms. The van der Waals surface area contributed by atoms with E-state index in [-0.39, 0.29) is 12.2 Å². The van der Waals surface area contributed by atoms with Crippen LogP contribution in [-0.4, -0.2) is 64.0 Å². The fraction of sp³-hybridized carbons (Fsp3) is 0.769. The van der Waals surface area contributed by atoms with E-state index in [9.17, 15) is 15.2 Å². The van der Waals surface area contributed by atoms with Crippen LogP contribution < -0.4 is 5.32 Å². The molecule has 2 atom stereocenters. The molecule has 8 heteroatoms. The highest BCUT2D eigenvalue weighted by atomic mass is 16.6. The molecule has 1 aliphatic heterocycles. The van der Waals surface area contributed by atoms with Gasteiger partial charge in [-0.25, -0.2) is 0 Å². The van der Waals surface area contributed by atoms with E-state index in [1.54, 1.807) is 0 Å². The van der Waals surface area contributed by atoms with Gasteiger partial charge in [-0.05, 0) is 38.9 Å². The Morgan fingerprint density at radius 3 is 3.14 bits per heavy atom. The minimum absolute atomic E-state index is 0.0552. The van der Waals surface area contributed by atoms with Crippen molar-refractivity contribution in [2.75, 3.05) is 33.2 Å². The van der Waals surface area contributed by atoms with Gasteiger partial charge in [0.15, 0.2) is 0 Å². The van der Waals surface area contributed by atoms with Crippen molar-refractivity contribution in [1.82, 2.24) is 20.0 Å². The molecule has 0 aliphatic carbocycles. The van der Waals surface area contributed by atoms with E-state index in [4.69, 9.17) is 0 Å². The second-order valence-electron chi connectivity index (χ2n) is 5.76. The van der Waals surface area contributed by atoms with Crippen molar-refractivity contribution in [3.8, 4) is 0 Å². The molecule has 21 heavy (non-hydrogen) atoms. The van der Waals surface area contributed by atoms with Crippen LogP contribution in [0.1, 0.15) is 12.8 Å². The Labute approximate surface area is 123 Å². The van der Waals surface area contributed by atoms with Gasteiger partial charge in [-0.1, -0.05) is 0 Å². The molecule has 8 nitrogen and oxygen atoms in total. The number of piperidine rings is 1. The zero-order valence-electron chi connectivity index (χ0n) is 12.3. The van der Waals surface area contributed by atoms with Gasteiger partial charge in [0.25, 0.3) is 0 Å². The molecule has 118 valence electrons. The summed E-state index contributed by atoms with van der Waals surface area (Å²) in [4.78, 5) is 12.4. The summed E-state index contributed by atoms with van der Waals surface area (Å²) < 4.78 is 1.40. The molecule has 2 heterocycles. The first-order valence-corrected chi connectivity index (χ1v) is 7.28.